The predicted molar refractivity (Wildman–Crippen MR) is 96.2 cm³/mol. The van der Waals surface area contributed by atoms with E-state index in [1.807, 2.05) is 30.3 Å². The highest BCUT2D eigenvalue weighted by Crippen LogP contribution is 2.31. The second kappa shape index (κ2) is 8.02. The van der Waals surface area contributed by atoms with E-state index in [-0.39, 0.29) is 18.0 Å². The quantitative estimate of drug-likeness (QED) is 0.603. The number of hydrogen-bond donors (Lipinski definition) is 1. The Balaban J connectivity index is 2.28. The Morgan fingerprint density at radius 2 is 1.80 bits per heavy atom. The fraction of sp³-hybridized carbons (Fsp3) is 0.278. The molecule has 2 rings (SSSR count). The third kappa shape index (κ3) is 5.49. The molecular formula is C18H21NO5S. The van der Waals surface area contributed by atoms with Gasteiger partial charge in [-0.05, 0) is 31.5 Å². The van der Waals surface area contributed by atoms with Crippen LogP contribution in [-0.4, -0.2) is 19.6 Å². The van der Waals surface area contributed by atoms with Gasteiger partial charge >= 0.3 is 5.97 Å². The van der Waals surface area contributed by atoms with Crippen LogP contribution in [0, 0.1) is 0 Å². The molecule has 134 valence electrons. The van der Waals surface area contributed by atoms with Gasteiger partial charge in [-0.25, -0.2) is 8.42 Å². The van der Waals surface area contributed by atoms with E-state index in [4.69, 9.17) is 9.47 Å². The van der Waals surface area contributed by atoms with Gasteiger partial charge in [-0.3, -0.25) is 9.52 Å². The number of anilines is 1. The fourth-order valence-corrected chi connectivity index (χ4v) is 2.65. The molecule has 0 heterocycles. The smallest absolute Gasteiger partial charge is 0.308 e. The number of esters is 1. The predicted octanol–water partition coefficient (Wildman–Crippen LogP) is 3.34. The van der Waals surface area contributed by atoms with Crippen molar-refractivity contribution >= 4 is 21.7 Å². The average Bonchev–Trinajstić information content (AvgIpc) is 2.54. The lowest BCUT2D eigenvalue weighted by Crippen LogP contribution is -2.23. The molecule has 0 saturated carbocycles. The molecule has 0 amide bonds. The minimum absolute atomic E-state index is 0.225. The summed E-state index contributed by atoms with van der Waals surface area (Å²) in [7, 11) is -3.57. The van der Waals surface area contributed by atoms with E-state index >= 15 is 0 Å². The number of carbonyl (C=O) groups is 1. The molecule has 0 aliphatic heterocycles. The van der Waals surface area contributed by atoms with Crippen LogP contribution in [0.1, 0.15) is 26.3 Å². The number of rotatable bonds is 7. The first-order chi connectivity index (χ1) is 11.8. The summed E-state index contributed by atoms with van der Waals surface area (Å²) in [6.45, 7) is 4.70. The molecule has 2 aromatic rings. The molecule has 0 fully saturated rings. The number of benzene rings is 2. The Morgan fingerprint density at radius 3 is 2.40 bits per heavy atom. The van der Waals surface area contributed by atoms with Crippen LogP contribution in [0.3, 0.4) is 0 Å². The second-order valence-corrected chi connectivity index (χ2v) is 7.96. The Kier molecular flexibility index (Phi) is 6.03. The summed E-state index contributed by atoms with van der Waals surface area (Å²) < 4.78 is 37.6. The van der Waals surface area contributed by atoms with Gasteiger partial charge in [0.1, 0.15) is 18.1 Å². The maximum absolute atomic E-state index is 12.2. The maximum Gasteiger partial charge on any atom is 0.308 e. The van der Waals surface area contributed by atoms with E-state index in [1.54, 1.807) is 26.0 Å². The van der Waals surface area contributed by atoms with E-state index < -0.39 is 21.2 Å². The standard InChI is InChI=1S/C18H21NO5S/c1-13(2)25(21,22)19-17-11-16(24-14(3)20)9-10-18(17)23-12-15-7-5-4-6-8-15/h4-11,13,19H,12H2,1-3H3. The molecule has 7 heteroatoms. The fourth-order valence-electron chi connectivity index (χ4n) is 1.95. The third-order valence-corrected chi connectivity index (χ3v) is 5.07. The number of carbonyl (C=O) groups excluding carboxylic acids is 1. The lowest BCUT2D eigenvalue weighted by molar-refractivity contribution is -0.131. The summed E-state index contributed by atoms with van der Waals surface area (Å²) in [4.78, 5) is 11.1. The number of hydrogen-bond acceptors (Lipinski definition) is 5. The van der Waals surface area contributed by atoms with Gasteiger partial charge in [-0.1, -0.05) is 30.3 Å². The van der Waals surface area contributed by atoms with Crippen LogP contribution in [-0.2, 0) is 21.4 Å². The van der Waals surface area contributed by atoms with Gasteiger partial charge in [0.05, 0.1) is 10.9 Å². The summed E-state index contributed by atoms with van der Waals surface area (Å²) in [5.74, 6) is 0.0978. The van der Waals surface area contributed by atoms with Crippen LogP contribution in [0.2, 0.25) is 0 Å². The van der Waals surface area contributed by atoms with Gasteiger partial charge < -0.3 is 9.47 Å². The molecular weight excluding hydrogens is 342 g/mol. The van der Waals surface area contributed by atoms with Gasteiger partial charge in [-0.15, -0.1) is 0 Å². The second-order valence-electron chi connectivity index (χ2n) is 5.72. The first-order valence-electron chi connectivity index (χ1n) is 7.79. The lowest BCUT2D eigenvalue weighted by Gasteiger charge is -2.16. The summed E-state index contributed by atoms with van der Waals surface area (Å²) in [6.07, 6.45) is 0. The molecule has 0 spiro atoms. The van der Waals surface area contributed by atoms with Crippen molar-refractivity contribution in [2.45, 2.75) is 32.6 Å². The van der Waals surface area contributed by atoms with E-state index in [2.05, 4.69) is 4.72 Å². The Hall–Kier alpha value is -2.54. The molecule has 0 saturated heterocycles. The molecule has 2 aromatic carbocycles. The molecule has 0 aliphatic rings. The summed E-state index contributed by atoms with van der Waals surface area (Å²) >= 11 is 0. The zero-order chi connectivity index (χ0) is 18.4. The molecule has 25 heavy (non-hydrogen) atoms. The lowest BCUT2D eigenvalue weighted by atomic mass is 10.2. The van der Waals surface area contributed by atoms with Crippen molar-refractivity contribution in [1.82, 2.24) is 0 Å². The number of nitrogens with one attached hydrogen (secondary N) is 1. The Bertz CT molecular complexity index is 832. The van der Waals surface area contributed by atoms with Crippen molar-refractivity contribution in [3.63, 3.8) is 0 Å². The van der Waals surface area contributed by atoms with Crippen molar-refractivity contribution in [2.24, 2.45) is 0 Å². The molecule has 0 aliphatic carbocycles. The van der Waals surface area contributed by atoms with Crippen molar-refractivity contribution < 1.29 is 22.7 Å². The van der Waals surface area contributed by atoms with Crippen molar-refractivity contribution in [2.75, 3.05) is 4.72 Å². The van der Waals surface area contributed by atoms with Crippen LogP contribution in [0.5, 0.6) is 11.5 Å². The van der Waals surface area contributed by atoms with Crippen molar-refractivity contribution in [1.29, 1.82) is 0 Å². The number of ether oxygens (including phenoxy) is 2. The molecule has 0 unspecified atom stereocenters. The summed E-state index contributed by atoms with van der Waals surface area (Å²) in [5.41, 5.74) is 1.17. The topological polar surface area (TPSA) is 81.7 Å². The highest BCUT2D eigenvalue weighted by molar-refractivity contribution is 7.93. The largest absolute Gasteiger partial charge is 0.487 e. The molecule has 0 aromatic heterocycles. The molecule has 1 N–H and O–H groups in total. The first kappa shape index (κ1) is 18.8. The number of sulfonamides is 1. The van der Waals surface area contributed by atoms with Gasteiger partial charge in [0.2, 0.25) is 10.0 Å². The van der Waals surface area contributed by atoms with Crippen LogP contribution < -0.4 is 14.2 Å². The van der Waals surface area contributed by atoms with Gasteiger partial charge in [0.15, 0.2) is 0 Å². The van der Waals surface area contributed by atoms with E-state index in [0.717, 1.165) is 5.56 Å². The molecule has 0 atom stereocenters. The van der Waals surface area contributed by atoms with Crippen LogP contribution in [0.15, 0.2) is 48.5 Å². The summed E-state index contributed by atoms with van der Waals surface area (Å²) in [6, 6.07) is 14.1. The van der Waals surface area contributed by atoms with E-state index in [0.29, 0.717) is 5.75 Å². The monoisotopic (exact) mass is 363 g/mol. The third-order valence-electron chi connectivity index (χ3n) is 3.32. The van der Waals surface area contributed by atoms with Crippen LogP contribution in [0.4, 0.5) is 5.69 Å². The average molecular weight is 363 g/mol. The highest BCUT2D eigenvalue weighted by Gasteiger charge is 2.19. The zero-order valence-electron chi connectivity index (χ0n) is 14.4. The van der Waals surface area contributed by atoms with Crippen LogP contribution in [0.25, 0.3) is 0 Å². The van der Waals surface area contributed by atoms with E-state index in [1.165, 1.54) is 13.0 Å². The molecule has 6 nitrogen and oxygen atoms in total. The maximum atomic E-state index is 12.2. The van der Waals surface area contributed by atoms with Crippen LogP contribution >= 0.6 is 0 Å². The van der Waals surface area contributed by atoms with Crippen molar-refractivity contribution in [3.8, 4) is 11.5 Å². The van der Waals surface area contributed by atoms with Gasteiger partial charge in [0.25, 0.3) is 0 Å². The molecule has 0 radical (unpaired) electrons. The Morgan fingerprint density at radius 1 is 1.12 bits per heavy atom. The van der Waals surface area contributed by atoms with Gasteiger partial charge in [-0.2, -0.15) is 0 Å². The minimum atomic E-state index is -3.57. The normalized spacial score (nSPS) is 11.2. The first-order valence-corrected chi connectivity index (χ1v) is 9.33. The Labute approximate surface area is 147 Å². The minimum Gasteiger partial charge on any atom is -0.487 e. The SMILES string of the molecule is CC(=O)Oc1ccc(OCc2ccccc2)c(NS(=O)(=O)C(C)C)c1. The zero-order valence-corrected chi connectivity index (χ0v) is 15.2. The summed E-state index contributed by atoms with van der Waals surface area (Å²) in [5, 5.41) is -0.619. The van der Waals surface area contributed by atoms with E-state index in [9.17, 15) is 13.2 Å². The van der Waals surface area contributed by atoms with Gasteiger partial charge in [0, 0.05) is 13.0 Å². The van der Waals surface area contributed by atoms with Crippen molar-refractivity contribution in [3.05, 3.63) is 54.1 Å². The molecule has 0 bridgehead atoms. The highest BCUT2D eigenvalue weighted by atomic mass is 32.2.